The van der Waals surface area contributed by atoms with E-state index >= 15 is 0 Å². The van der Waals surface area contributed by atoms with Crippen LogP contribution in [0.3, 0.4) is 0 Å². The molecule has 2 heterocycles. The second kappa shape index (κ2) is 9.80. The third kappa shape index (κ3) is 5.63. The molecule has 6 nitrogen and oxygen atoms in total. The minimum Gasteiger partial charge on any atom is -0.352 e. The molecule has 0 fully saturated rings. The molecule has 0 aliphatic carbocycles. The van der Waals surface area contributed by atoms with Crippen molar-refractivity contribution in [3.8, 4) is 21.8 Å². The Kier molecular flexibility index (Phi) is 6.67. The van der Waals surface area contributed by atoms with Crippen molar-refractivity contribution < 1.29 is 14.0 Å². The van der Waals surface area contributed by atoms with Gasteiger partial charge in [0.1, 0.15) is 10.8 Å². The normalized spacial score (nSPS) is 10.7. The molecule has 4 aromatic rings. The zero-order valence-electron chi connectivity index (χ0n) is 17.1. The molecule has 0 aliphatic heterocycles. The first-order valence-corrected chi connectivity index (χ1v) is 11.5. The molecule has 0 bridgehead atoms. The minimum atomic E-state index is -0.298. The maximum atomic E-state index is 13.1. The summed E-state index contributed by atoms with van der Waals surface area (Å²) in [4.78, 5) is 32.4. The lowest BCUT2D eigenvalue weighted by atomic mass is 10.1. The molecule has 0 saturated heterocycles. The number of hydrogen-bond acceptors (Lipinski definition) is 6. The Morgan fingerprint density at radius 3 is 2.38 bits per heavy atom. The number of carbonyl (C=O) groups excluding carboxylic acids is 2. The van der Waals surface area contributed by atoms with Gasteiger partial charge in [-0.3, -0.25) is 9.59 Å². The molecular formula is C23H19FN4O2S2. The molecule has 0 saturated carbocycles. The number of amides is 2. The number of aromatic nitrogens is 2. The van der Waals surface area contributed by atoms with E-state index in [2.05, 4.69) is 20.6 Å². The van der Waals surface area contributed by atoms with Crippen molar-refractivity contribution in [1.82, 2.24) is 15.3 Å². The van der Waals surface area contributed by atoms with Crippen LogP contribution in [0.2, 0.25) is 0 Å². The van der Waals surface area contributed by atoms with Gasteiger partial charge in [0.25, 0.3) is 0 Å². The van der Waals surface area contributed by atoms with Gasteiger partial charge in [-0.15, -0.1) is 22.7 Å². The molecule has 9 heteroatoms. The summed E-state index contributed by atoms with van der Waals surface area (Å²) >= 11 is 2.77. The molecule has 2 N–H and O–H groups in total. The summed E-state index contributed by atoms with van der Waals surface area (Å²) in [7, 11) is 0. The Labute approximate surface area is 192 Å². The summed E-state index contributed by atoms with van der Waals surface area (Å²) in [6.45, 7) is 1.96. The molecule has 0 aliphatic rings. The Hall–Kier alpha value is -3.43. The fourth-order valence-corrected chi connectivity index (χ4v) is 4.49. The Morgan fingerprint density at radius 1 is 0.938 bits per heavy atom. The summed E-state index contributed by atoms with van der Waals surface area (Å²) in [6, 6.07) is 13.9. The van der Waals surface area contributed by atoms with E-state index < -0.39 is 0 Å². The summed E-state index contributed by atoms with van der Waals surface area (Å²) in [5.41, 5.74) is 4.16. The molecule has 0 atom stereocenters. The summed E-state index contributed by atoms with van der Waals surface area (Å²) in [5, 5.41) is 10.5. The molecule has 0 unspecified atom stereocenters. The van der Waals surface area contributed by atoms with Crippen LogP contribution in [0.5, 0.6) is 0 Å². The monoisotopic (exact) mass is 466 g/mol. The molecule has 2 aromatic carbocycles. The van der Waals surface area contributed by atoms with E-state index in [0.29, 0.717) is 17.4 Å². The summed E-state index contributed by atoms with van der Waals surface area (Å²) < 4.78 is 13.1. The van der Waals surface area contributed by atoms with E-state index in [1.807, 2.05) is 35.0 Å². The Balaban J connectivity index is 1.35. The highest BCUT2D eigenvalue weighted by molar-refractivity contribution is 7.14. The number of halogens is 1. The SMILES string of the molecule is CC(=O)NCc1ccc(-c2csc(NC(=O)Cc3csc(-c4ccc(F)cc4)n3)n2)cc1. The van der Waals surface area contributed by atoms with Crippen LogP contribution in [0, 0.1) is 5.82 Å². The van der Waals surface area contributed by atoms with Crippen LogP contribution in [-0.4, -0.2) is 21.8 Å². The highest BCUT2D eigenvalue weighted by atomic mass is 32.1. The predicted molar refractivity (Wildman–Crippen MR) is 125 cm³/mol. The average molecular weight is 467 g/mol. The predicted octanol–water partition coefficient (Wildman–Crippen LogP) is 4.89. The second-order valence-electron chi connectivity index (χ2n) is 7.02. The first-order valence-electron chi connectivity index (χ1n) is 9.76. The van der Waals surface area contributed by atoms with Crippen LogP contribution in [0.4, 0.5) is 9.52 Å². The number of benzene rings is 2. The van der Waals surface area contributed by atoms with Gasteiger partial charge in [-0.2, -0.15) is 0 Å². The van der Waals surface area contributed by atoms with Gasteiger partial charge in [0.05, 0.1) is 17.8 Å². The fraction of sp³-hybridized carbons (Fsp3) is 0.130. The molecule has 0 spiro atoms. The van der Waals surface area contributed by atoms with E-state index in [1.165, 1.54) is 41.7 Å². The van der Waals surface area contributed by atoms with Crippen molar-refractivity contribution in [1.29, 1.82) is 0 Å². The van der Waals surface area contributed by atoms with E-state index in [1.54, 1.807) is 12.1 Å². The number of anilines is 1. The van der Waals surface area contributed by atoms with Crippen LogP contribution < -0.4 is 10.6 Å². The number of carbonyl (C=O) groups is 2. The molecule has 0 radical (unpaired) electrons. The molecule has 162 valence electrons. The van der Waals surface area contributed by atoms with E-state index in [-0.39, 0.29) is 24.1 Å². The van der Waals surface area contributed by atoms with E-state index in [4.69, 9.17) is 0 Å². The highest BCUT2D eigenvalue weighted by Crippen LogP contribution is 2.26. The van der Waals surface area contributed by atoms with Crippen molar-refractivity contribution in [3.05, 3.63) is 76.4 Å². The number of nitrogens with zero attached hydrogens (tertiary/aromatic N) is 2. The highest BCUT2D eigenvalue weighted by Gasteiger charge is 2.12. The van der Waals surface area contributed by atoms with Crippen LogP contribution >= 0.6 is 22.7 Å². The molecule has 2 aromatic heterocycles. The van der Waals surface area contributed by atoms with Crippen molar-refractivity contribution >= 4 is 39.6 Å². The lowest BCUT2D eigenvalue weighted by Gasteiger charge is -2.03. The largest absolute Gasteiger partial charge is 0.352 e. The van der Waals surface area contributed by atoms with Gasteiger partial charge in [0, 0.05) is 35.4 Å². The topological polar surface area (TPSA) is 84.0 Å². The maximum Gasteiger partial charge on any atom is 0.232 e. The lowest BCUT2D eigenvalue weighted by Crippen LogP contribution is -2.18. The Morgan fingerprint density at radius 2 is 1.66 bits per heavy atom. The van der Waals surface area contributed by atoms with E-state index in [0.717, 1.165) is 27.4 Å². The second-order valence-corrected chi connectivity index (χ2v) is 8.74. The van der Waals surface area contributed by atoms with Crippen molar-refractivity contribution in [2.75, 3.05) is 5.32 Å². The molecule has 4 rings (SSSR count). The van der Waals surface area contributed by atoms with Crippen LogP contribution in [0.25, 0.3) is 21.8 Å². The van der Waals surface area contributed by atoms with Gasteiger partial charge in [0.2, 0.25) is 11.8 Å². The summed E-state index contributed by atoms with van der Waals surface area (Å²) in [6.07, 6.45) is 0.129. The first kappa shape index (κ1) is 21.8. The molecular weight excluding hydrogens is 447 g/mol. The number of thiazole rings is 2. The number of hydrogen-bond donors (Lipinski definition) is 2. The first-order chi connectivity index (χ1) is 15.5. The van der Waals surface area contributed by atoms with Crippen LogP contribution in [0.1, 0.15) is 18.2 Å². The van der Waals surface area contributed by atoms with Crippen molar-refractivity contribution in [2.45, 2.75) is 19.9 Å². The Bertz CT molecular complexity index is 1230. The number of nitrogens with one attached hydrogen (secondary N) is 2. The molecule has 32 heavy (non-hydrogen) atoms. The fourth-order valence-electron chi connectivity index (χ4n) is 2.92. The minimum absolute atomic E-state index is 0.0710. The average Bonchev–Trinajstić information content (AvgIpc) is 3.43. The van der Waals surface area contributed by atoms with Crippen LogP contribution in [0.15, 0.2) is 59.3 Å². The van der Waals surface area contributed by atoms with Gasteiger partial charge in [-0.1, -0.05) is 24.3 Å². The van der Waals surface area contributed by atoms with Gasteiger partial charge >= 0.3 is 0 Å². The zero-order chi connectivity index (χ0) is 22.5. The zero-order valence-corrected chi connectivity index (χ0v) is 18.7. The maximum absolute atomic E-state index is 13.1. The smallest absolute Gasteiger partial charge is 0.232 e. The van der Waals surface area contributed by atoms with E-state index in [9.17, 15) is 14.0 Å². The quantitative estimate of drug-likeness (QED) is 0.406. The van der Waals surface area contributed by atoms with Gasteiger partial charge in [-0.25, -0.2) is 14.4 Å². The molecule has 2 amide bonds. The van der Waals surface area contributed by atoms with Gasteiger partial charge in [0.15, 0.2) is 5.13 Å². The number of rotatable bonds is 7. The summed E-state index contributed by atoms with van der Waals surface area (Å²) in [5.74, 6) is -0.570. The van der Waals surface area contributed by atoms with Gasteiger partial charge in [-0.05, 0) is 29.8 Å². The third-order valence-corrected chi connectivity index (χ3v) is 6.22. The van der Waals surface area contributed by atoms with Gasteiger partial charge < -0.3 is 10.6 Å². The third-order valence-electron chi connectivity index (χ3n) is 4.53. The van der Waals surface area contributed by atoms with Crippen molar-refractivity contribution in [3.63, 3.8) is 0 Å². The van der Waals surface area contributed by atoms with Crippen LogP contribution in [-0.2, 0) is 22.6 Å². The van der Waals surface area contributed by atoms with Crippen molar-refractivity contribution in [2.24, 2.45) is 0 Å². The standard InChI is InChI=1S/C23H19FN4O2S2/c1-14(29)25-11-15-2-4-16(5-3-15)20-13-32-23(27-20)28-21(30)10-19-12-31-22(26-19)17-6-8-18(24)9-7-17/h2-9,12-13H,10-11H2,1H3,(H,25,29)(H,27,28,30). The lowest BCUT2D eigenvalue weighted by molar-refractivity contribution is -0.119.